The van der Waals surface area contributed by atoms with Crippen LogP contribution in [-0.4, -0.2) is 16.4 Å². The zero-order chi connectivity index (χ0) is 19.7. The van der Waals surface area contributed by atoms with E-state index in [1.54, 1.807) is 24.3 Å². The summed E-state index contributed by atoms with van der Waals surface area (Å²) in [6.45, 7) is 4.12. The number of rotatable bonds is 5. The summed E-state index contributed by atoms with van der Waals surface area (Å²) in [5.74, 6) is 0.0776. The van der Waals surface area contributed by atoms with Gasteiger partial charge in [-0.3, -0.25) is 9.59 Å². The molecule has 4 rings (SSSR count). The lowest BCUT2D eigenvalue weighted by Gasteiger charge is -2.11. The summed E-state index contributed by atoms with van der Waals surface area (Å²) in [4.78, 5) is 24.3. The molecule has 0 unspecified atom stereocenters. The molecule has 28 heavy (non-hydrogen) atoms. The van der Waals surface area contributed by atoms with Gasteiger partial charge in [0.2, 0.25) is 5.91 Å². The summed E-state index contributed by atoms with van der Waals surface area (Å²) in [5.41, 5.74) is 5.38. The number of carbonyl (C=O) groups excluding carboxylic acids is 2. The van der Waals surface area contributed by atoms with Crippen molar-refractivity contribution in [1.29, 1.82) is 0 Å². The molecule has 1 aliphatic carbocycles. The van der Waals surface area contributed by atoms with E-state index in [1.807, 2.05) is 24.3 Å². The quantitative estimate of drug-likeness (QED) is 0.681. The average Bonchev–Trinajstić information content (AvgIpc) is 3.49. The van der Waals surface area contributed by atoms with Crippen LogP contribution >= 0.6 is 0 Å². The van der Waals surface area contributed by atoms with Crippen LogP contribution in [0.5, 0.6) is 0 Å². The summed E-state index contributed by atoms with van der Waals surface area (Å²) in [6, 6.07) is 18.9. The molecular weight excluding hydrogens is 350 g/mol. The first-order valence-corrected chi connectivity index (χ1v) is 9.49. The Morgan fingerprint density at radius 1 is 0.786 bits per heavy atom. The van der Waals surface area contributed by atoms with Gasteiger partial charge in [-0.25, -0.2) is 0 Å². The topological polar surface area (TPSA) is 63.1 Å². The number of anilines is 2. The van der Waals surface area contributed by atoms with E-state index in [0.29, 0.717) is 11.3 Å². The molecule has 2 aromatic carbocycles. The highest BCUT2D eigenvalue weighted by Gasteiger charge is 2.29. The van der Waals surface area contributed by atoms with Gasteiger partial charge in [0.25, 0.3) is 5.91 Å². The van der Waals surface area contributed by atoms with E-state index in [-0.39, 0.29) is 17.7 Å². The number of carbonyl (C=O) groups is 2. The number of nitrogens with one attached hydrogen (secondary N) is 2. The third-order valence-electron chi connectivity index (χ3n) is 5.02. The van der Waals surface area contributed by atoms with Gasteiger partial charge in [-0.05, 0) is 87.4 Å². The van der Waals surface area contributed by atoms with Gasteiger partial charge in [-0.1, -0.05) is 0 Å². The van der Waals surface area contributed by atoms with Crippen LogP contribution in [0.15, 0.2) is 60.7 Å². The van der Waals surface area contributed by atoms with Crippen LogP contribution in [0.3, 0.4) is 0 Å². The summed E-state index contributed by atoms with van der Waals surface area (Å²) < 4.78 is 2.15. The molecule has 0 saturated heterocycles. The molecule has 1 saturated carbocycles. The van der Waals surface area contributed by atoms with E-state index in [4.69, 9.17) is 0 Å². The second-order valence-electron chi connectivity index (χ2n) is 7.29. The van der Waals surface area contributed by atoms with Gasteiger partial charge in [0.1, 0.15) is 0 Å². The third-order valence-corrected chi connectivity index (χ3v) is 5.02. The minimum Gasteiger partial charge on any atom is -0.326 e. The van der Waals surface area contributed by atoms with E-state index < -0.39 is 0 Å². The lowest BCUT2D eigenvalue weighted by Crippen LogP contribution is -2.14. The molecule has 0 bridgehead atoms. The molecule has 0 atom stereocenters. The van der Waals surface area contributed by atoms with Crippen LogP contribution in [0, 0.1) is 19.8 Å². The van der Waals surface area contributed by atoms with Gasteiger partial charge >= 0.3 is 0 Å². The summed E-state index contributed by atoms with van der Waals surface area (Å²) >= 11 is 0. The zero-order valence-corrected chi connectivity index (χ0v) is 16.0. The minimum absolute atomic E-state index is 0.0741. The molecular formula is C23H23N3O2. The van der Waals surface area contributed by atoms with E-state index >= 15 is 0 Å². The van der Waals surface area contributed by atoms with Crippen LogP contribution in [0.1, 0.15) is 34.6 Å². The Labute approximate surface area is 164 Å². The molecule has 0 spiro atoms. The third kappa shape index (κ3) is 3.83. The van der Waals surface area contributed by atoms with Crippen molar-refractivity contribution in [2.75, 3.05) is 10.6 Å². The van der Waals surface area contributed by atoms with Gasteiger partial charge in [0, 0.05) is 39.9 Å². The summed E-state index contributed by atoms with van der Waals surface area (Å²) in [7, 11) is 0. The largest absolute Gasteiger partial charge is 0.326 e. The highest BCUT2D eigenvalue weighted by Crippen LogP contribution is 2.30. The van der Waals surface area contributed by atoms with Gasteiger partial charge < -0.3 is 15.2 Å². The van der Waals surface area contributed by atoms with Crippen molar-refractivity contribution in [3.05, 3.63) is 77.6 Å². The second-order valence-corrected chi connectivity index (χ2v) is 7.29. The first-order chi connectivity index (χ1) is 13.5. The SMILES string of the molecule is Cc1ccc(C)n1-c1ccc(C(=O)Nc2ccc(NC(=O)C3CC3)cc2)cc1. The van der Waals surface area contributed by atoms with Crippen molar-refractivity contribution >= 4 is 23.2 Å². The number of amides is 2. The van der Waals surface area contributed by atoms with Crippen molar-refractivity contribution < 1.29 is 9.59 Å². The normalized spacial score (nSPS) is 13.2. The molecule has 0 aliphatic heterocycles. The van der Waals surface area contributed by atoms with Crippen molar-refractivity contribution in [1.82, 2.24) is 4.57 Å². The Bertz CT molecular complexity index is 994. The maximum absolute atomic E-state index is 12.5. The monoisotopic (exact) mass is 373 g/mol. The average molecular weight is 373 g/mol. The molecule has 5 heteroatoms. The van der Waals surface area contributed by atoms with Crippen LogP contribution < -0.4 is 10.6 Å². The fourth-order valence-electron chi connectivity index (χ4n) is 3.27. The maximum Gasteiger partial charge on any atom is 0.255 e. The number of aryl methyl sites for hydroxylation is 2. The summed E-state index contributed by atoms with van der Waals surface area (Å²) in [5, 5.41) is 5.78. The molecule has 142 valence electrons. The molecule has 1 aromatic heterocycles. The highest BCUT2D eigenvalue weighted by molar-refractivity contribution is 6.04. The van der Waals surface area contributed by atoms with E-state index in [0.717, 1.165) is 35.6 Å². The lowest BCUT2D eigenvalue weighted by molar-refractivity contribution is -0.117. The Kier molecular flexibility index (Phi) is 4.74. The van der Waals surface area contributed by atoms with Gasteiger partial charge in [-0.15, -0.1) is 0 Å². The number of benzene rings is 2. The van der Waals surface area contributed by atoms with Crippen molar-refractivity contribution in [2.45, 2.75) is 26.7 Å². The molecule has 3 aromatic rings. The van der Waals surface area contributed by atoms with Crippen molar-refractivity contribution in [3.63, 3.8) is 0 Å². The second kappa shape index (κ2) is 7.35. The Morgan fingerprint density at radius 2 is 1.32 bits per heavy atom. The highest BCUT2D eigenvalue weighted by atomic mass is 16.2. The zero-order valence-electron chi connectivity index (χ0n) is 16.0. The van der Waals surface area contributed by atoms with Crippen molar-refractivity contribution in [2.24, 2.45) is 5.92 Å². The Balaban J connectivity index is 1.41. The van der Waals surface area contributed by atoms with E-state index in [1.165, 1.54) is 0 Å². The molecule has 0 radical (unpaired) electrons. The standard InChI is InChI=1S/C23H23N3O2/c1-15-3-4-16(2)26(15)21-13-7-18(8-14-21)23(28)25-20-11-9-19(10-12-20)24-22(27)17-5-6-17/h3-4,7-14,17H,5-6H2,1-2H3,(H,24,27)(H,25,28). The van der Waals surface area contributed by atoms with E-state index in [2.05, 4.69) is 41.2 Å². The summed E-state index contributed by atoms with van der Waals surface area (Å²) in [6.07, 6.45) is 1.95. The van der Waals surface area contributed by atoms with Crippen LogP contribution in [0.4, 0.5) is 11.4 Å². The number of hydrogen-bond donors (Lipinski definition) is 2. The first kappa shape index (κ1) is 18.0. The molecule has 1 fully saturated rings. The predicted octanol–water partition coefficient (Wildman–Crippen LogP) is 4.69. The molecule has 2 N–H and O–H groups in total. The Morgan fingerprint density at radius 3 is 1.86 bits per heavy atom. The minimum atomic E-state index is -0.165. The lowest BCUT2D eigenvalue weighted by atomic mass is 10.1. The predicted molar refractivity (Wildman–Crippen MR) is 111 cm³/mol. The molecule has 5 nitrogen and oxygen atoms in total. The van der Waals surface area contributed by atoms with Crippen molar-refractivity contribution in [3.8, 4) is 5.69 Å². The fraction of sp³-hybridized carbons (Fsp3) is 0.217. The first-order valence-electron chi connectivity index (χ1n) is 9.49. The van der Waals surface area contributed by atoms with Crippen LogP contribution in [-0.2, 0) is 4.79 Å². The number of nitrogens with zero attached hydrogens (tertiary/aromatic N) is 1. The Hall–Kier alpha value is -3.34. The van der Waals surface area contributed by atoms with E-state index in [9.17, 15) is 9.59 Å². The van der Waals surface area contributed by atoms with Crippen LogP contribution in [0.2, 0.25) is 0 Å². The maximum atomic E-state index is 12.5. The van der Waals surface area contributed by atoms with Gasteiger partial charge in [-0.2, -0.15) is 0 Å². The molecule has 1 heterocycles. The smallest absolute Gasteiger partial charge is 0.255 e. The number of aromatic nitrogens is 1. The fourth-order valence-corrected chi connectivity index (χ4v) is 3.27. The molecule has 2 amide bonds. The van der Waals surface area contributed by atoms with Crippen LogP contribution in [0.25, 0.3) is 5.69 Å². The van der Waals surface area contributed by atoms with Gasteiger partial charge in [0.15, 0.2) is 0 Å². The molecule has 1 aliphatic rings. The van der Waals surface area contributed by atoms with Gasteiger partial charge in [0.05, 0.1) is 0 Å². The number of hydrogen-bond acceptors (Lipinski definition) is 2.